The van der Waals surface area contributed by atoms with Gasteiger partial charge in [0.1, 0.15) is 6.04 Å². The standard InChI is InChI=1S/C19H29N3O/c1-21(19(23)18(20)15-9-3-2-4-10-15)16-11-5-6-12-17(16)22-13-7-8-14-22/h2-4,9-10,16-18H,5-8,11-14,20H2,1H3/t16-,17-,18+/m1/s1. The third kappa shape index (κ3) is 3.59. The van der Waals surface area contributed by atoms with Crippen LogP contribution in [0.15, 0.2) is 30.3 Å². The average Bonchev–Trinajstić information content (AvgIpc) is 3.15. The van der Waals surface area contributed by atoms with Crippen molar-refractivity contribution >= 4 is 5.91 Å². The van der Waals surface area contributed by atoms with Gasteiger partial charge in [-0.1, -0.05) is 43.2 Å². The molecule has 2 N–H and O–H groups in total. The van der Waals surface area contributed by atoms with E-state index in [1.807, 2.05) is 42.3 Å². The summed E-state index contributed by atoms with van der Waals surface area (Å²) in [7, 11) is 1.95. The summed E-state index contributed by atoms with van der Waals surface area (Å²) in [5.41, 5.74) is 7.14. The fraction of sp³-hybridized carbons (Fsp3) is 0.632. The second-order valence-electron chi connectivity index (χ2n) is 7.00. The van der Waals surface area contributed by atoms with Gasteiger partial charge in [0, 0.05) is 19.1 Å². The van der Waals surface area contributed by atoms with Crippen LogP contribution in [-0.2, 0) is 4.79 Å². The molecule has 1 saturated heterocycles. The third-order valence-corrected chi connectivity index (χ3v) is 5.57. The molecule has 1 saturated carbocycles. The Kier molecular flexibility index (Phi) is 5.34. The zero-order valence-electron chi connectivity index (χ0n) is 14.2. The van der Waals surface area contributed by atoms with Crippen molar-refractivity contribution < 1.29 is 4.79 Å². The number of amides is 1. The van der Waals surface area contributed by atoms with Crippen LogP contribution in [0.5, 0.6) is 0 Å². The van der Waals surface area contributed by atoms with Crippen molar-refractivity contribution in [2.45, 2.75) is 56.7 Å². The number of nitrogens with two attached hydrogens (primary N) is 1. The molecule has 3 rings (SSSR count). The molecule has 0 radical (unpaired) electrons. The Morgan fingerprint density at radius 3 is 2.48 bits per heavy atom. The number of hydrogen-bond acceptors (Lipinski definition) is 3. The number of carbonyl (C=O) groups excluding carboxylic acids is 1. The van der Waals surface area contributed by atoms with Crippen LogP contribution in [0, 0.1) is 0 Å². The van der Waals surface area contributed by atoms with Crippen LogP contribution in [0.1, 0.15) is 50.1 Å². The minimum absolute atomic E-state index is 0.0484. The maximum absolute atomic E-state index is 12.9. The topological polar surface area (TPSA) is 49.6 Å². The third-order valence-electron chi connectivity index (χ3n) is 5.57. The predicted octanol–water partition coefficient (Wildman–Crippen LogP) is 2.55. The first-order chi connectivity index (χ1) is 11.2. The maximum Gasteiger partial charge on any atom is 0.244 e. The lowest BCUT2D eigenvalue weighted by Crippen LogP contribution is -2.54. The van der Waals surface area contributed by atoms with E-state index in [1.54, 1.807) is 0 Å². The number of likely N-dealkylation sites (N-methyl/N-ethyl adjacent to an activating group) is 1. The molecule has 1 heterocycles. The van der Waals surface area contributed by atoms with Crippen molar-refractivity contribution in [1.29, 1.82) is 0 Å². The van der Waals surface area contributed by atoms with Crippen LogP contribution >= 0.6 is 0 Å². The van der Waals surface area contributed by atoms with Crippen LogP contribution < -0.4 is 5.73 Å². The van der Waals surface area contributed by atoms with Gasteiger partial charge in [0.15, 0.2) is 0 Å². The summed E-state index contributed by atoms with van der Waals surface area (Å²) in [6, 6.07) is 9.99. The van der Waals surface area contributed by atoms with E-state index < -0.39 is 6.04 Å². The molecular formula is C19H29N3O. The summed E-state index contributed by atoms with van der Waals surface area (Å²) in [4.78, 5) is 17.4. The molecule has 1 aliphatic heterocycles. The van der Waals surface area contributed by atoms with Gasteiger partial charge in [0.05, 0.1) is 0 Å². The summed E-state index contributed by atoms with van der Waals surface area (Å²) in [5, 5.41) is 0. The second kappa shape index (κ2) is 7.45. The van der Waals surface area contributed by atoms with E-state index in [-0.39, 0.29) is 5.91 Å². The molecule has 126 valence electrons. The molecule has 4 heteroatoms. The van der Waals surface area contributed by atoms with Gasteiger partial charge in [-0.25, -0.2) is 0 Å². The van der Waals surface area contributed by atoms with Gasteiger partial charge < -0.3 is 10.6 Å². The molecule has 2 aliphatic rings. The van der Waals surface area contributed by atoms with E-state index in [1.165, 1.54) is 45.2 Å². The zero-order chi connectivity index (χ0) is 16.2. The lowest BCUT2D eigenvalue weighted by atomic mass is 9.88. The lowest BCUT2D eigenvalue weighted by Gasteiger charge is -2.43. The summed E-state index contributed by atoms with van der Waals surface area (Å²) >= 11 is 0. The van der Waals surface area contributed by atoms with E-state index >= 15 is 0 Å². The van der Waals surface area contributed by atoms with Crippen molar-refractivity contribution in [1.82, 2.24) is 9.80 Å². The van der Waals surface area contributed by atoms with E-state index in [0.717, 1.165) is 12.0 Å². The summed E-state index contributed by atoms with van der Waals surface area (Å²) in [6.07, 6.45) is 7.40. The summed E-state index contributed by atoms with van der Waals surface area (Å²) < 4.78 is 0. The first-order valence-corrected chi connectivity index (χ1v) is 8.99. The van der Waals surface area contributed by atoms with E-state index in [0.29, 0.717) is 12.1 Å². The Bertz CT molecular complexity index is 513. The molecule has 4 nitrogen and oxygen atoms in total. The molecule has 1 aromatic carbocycles. The minimum atomic E-state index is -0.553. The smallest absolute Gasteiger partial charge is 0.244 e. The van der Waals surface area contributed by atoms with Gasteiger partial charge in [0.2, 0.25) is 5.91 Å². The molecule has 0 bridgehead atoms. The SMILES string of the molecule is CN(C(=O)[C@@H](N)c1ccccc1)[C@@H]1CCCC[C@H]1N1CCCC1. The molecule has 1 aromatic rings. The summed E-state index contributed by atoms with van der Waals surface area (Å²) in [6.45, 7) is 2.38. The van der Waals surface area contributed by atoms with Crippen molar-refractivity contribution in [2.24, 2.45) is 5.73 Å². The van der Waals surface area contributed by atoms with Crippen LogP contribution in [0.4, 0.5) is 0 Å². The molecule has 0 aromatic heterocycles. The highest BCUT2D eigenvalue weighted by Crippen LogP contribution is 2.30. The zero-order valence-corrected chi connectivity index (χ0v) is 14.2. The molecule has 0 spiro atoms. The maximum atomic E-state index is 12.9. The molecular weight excluding hydrogens is 286 g/mol. The number of hydrogen-bond donors (Lipinski definition) is 1. The predicted molar refractivity (Wildman–Crippen MR) is 93.0 cm³/mol. The first-order valence-electron chi connectivity index (χ1n) is 8.99. The number of likely N-dealkylation sites (tertiary alicyclic amines) is 1. The average molecular weight is 315 g/mol. The number of nitrogens with zero attached hydrogens (tertiary/aromatic N) is 2. The van der Waals surface area contributed by atoms with Gasteiger partial charge in [-0.05, 0) is 44.3 Å². The van der Waals surface area contributed by atoms with Crippen LogP contribution in [-0.4, -0.2) is 47.9 Å². The molecule has 0 unspecified atom stereocenters. The number of carbonyl (C=O) groups is 1. The van der Waals surface area contributed by atoms with E-state index in [2.05, 4.69) is 4.90 Å². The van der Waals surface area contributed by atoms with Gasteiger partial charge in [-0.2, -0.15) is 0 Å². The Hall–Kier alpha value is -1.39. The van der Waals surface area contributed by atoms with Crippen molar-refractivity contribution in [3.8, 4) is 0 Å². The molecule has 2 fully saturated rings. The fourth-order valence-corrected chi connectivity index (χ4v) is 4.23. The highest BCUT2D eigenvalue weighted by molar-refractivity contribution is 5.83. The number of rotatable bonds is 4. The van der Waals surface area contributed by atoms with Crippen LogP contribution in [0.3, 0.4) is 0 Å². The molecule has 23 heavy (non-hydrogen) atoms. The lowest BCUT2D eigenvalue weighted by molar-refractivity contribution is -0.135. The normalized spacial score (nSPS) is 26.9. The van der Waals surface area contributed by atoms with Crippen molar-refractivity contribution in [2.75, 3.05) is 20.1 Å². The van der Waals surface area contributed by atoms with Crippen molar-refractivity contribution in [3.05, 3.63) is 35.9 Å². The van der Waals surface area contributed by atoms with Gasteiger partial charge in [-0.15, -0.1) is 0 Å². The fourth-order valence-electron chi connectivity index (χ4n) is 4.23. The minimum Gasteiger partial charge on any atom is -0.340 e. The quantitative estimate of drug-likeness (QED) is 0.929. The Morgan fingerprint density at radius 1 is 1.13 bits per heavy atom. The molecule has 1 aliphatic carbocycles. The Balaban J connectivity index is 1.71. The van der Waals surface area contributed by atoms with Gasteiger partial charge >= 0.3 is 0 Å². The number of benzene rings is 1. The highest BCUT2D eigenvalue weighted by Gasteiger charge is 2.36. The monoisotopic (exact) mass is 315 g/mol. The Morgan fingerprint density at radius 2 is 1.78 bits per heavy atom. The van der Waals surface area contributed by atoms with E-state index in [9.17, 15) is 4.79 Å². The largest absolute Gasteiger partial charge is 0.340 e. The van der Waals surface area contributed by atoms with Gasteiger partial charge in [-0.3, -0.25) is 9.69 Å². The second-order valence-corrected chi connectivity index (χ2v) is 7.00. The first kappa shape index (κ1) is 16.5. The van der Waals surface area contributed by atoms with Crippen LogP contribution in [0.2, 0.25) is 0 Å². The van der Waals surface area contributed by atoms with Crippen LogP contribution in [0.25, 0.3) is 0 Å². The molecule has 1 amide bonds. The molecule has 3 atom stereocenters. The van der Waals surface area contributed by atoms with Crippen molar-refractivity contribution in [3.63, 3.8) is 0 Å². The van der Waals surface area contributed by atoms with E-state index in [4.69, 9.17) is 5.73 Å². The Labute approximate surface area is 139 Å². The summed E-state index contributed by atoms with van der Waals surface area (Å²) in [5.74, 6) is 0.0484. The highest BCUT2D eigenvalue weighted by atomic mass is 16.2. The van der Waals surface area contributed by atoms with Gasteiger partial charge in [0.25, 0.3) is 0 Å².